The number of amides is 1. The molecule has 0 saturated heterocycles. The van der Waals surface area contributed by atoms with Gasteiger partial charge in [0.15, 0.2) is 5.96 Å². The van der Waals surface area contributed by atoms with Crippen molar-refractivity contribution >= 4 is 35.8 Å². The van der Waals surface area contributed by atoms with E-state index in [1.807, 2.05) is 48.3 Å². The minimum atomic E-state index is -0.0455. The van der Waals surface area contributed by atoms with Crippen molar-refractivity contribution in [1.29, 1.82) is 0 Å². The summed E-state index contributed by atoms with van der Waals surface area (Å²) in [5.74, 6) is 2.29. The predicted molar refractivity (Wildman–Crippen MR) is 121 cm³/mol. The first-order valence-electron chi connectivity index (χ1n) is 8.84. The quantitative estimate of drug-likeness (QED) is 0.343. The number of nitrogens with zero attached hydrogens (tertiary/aromatic N) is 3. The first-order chi connectivity index (χ1) is 13.0. The highest BCUT2D eigenvalue weighted by atomic mass is 127. The summed E-state index contributed by atoms with van der Waals surface area (Å²) in [5, 5.41) is 3.34. The number of furan rings is 1. The van der Waals surface area contributed by atoms with Crippen LogP contribution in [0.2, 0.25) is 0 Å². The summed E-state index contributed by atoms with van der Waals surface area (Å²) in [4.78, 5) is 19.8. The molecule has 1 aromatic heterocycles. The number of hydrogen-bond donors (Lipinski definition) is 1. The third kappa shape index (κ3) is 7.79. The molecule has 0 spiro atoms. The molecule has 154 valence electrons. The molecule has 0 saturated carbocycles. The van der Waals surface area contributed by atoms with E-state index in [1.54, 1.807) is 27.5 Å². The molecule has 1 amide bonds. The summed E-state index contributed by atoms with van der Waals surface area (Å²) in [5.41, 5.74) is 1.20. The van der Waals surface area contributed by atoms with Gasteiger partial charge in [0.1, 0.15) is 18.1 Å². The number of carbonyl (C=O) groups is 1. The van der Waals surface area contributed by atoms with E-state index in [4.69, 9.17) is 9.15 Å². The maximum atomic E-state index is 11.9. The zero-order valence-corrected chi connectivity index (χ0v) is 19.2. The Morgan fingerprint density at radius 2 is 1.89 bits per heavy atom. The summed E-state index contributed by atoms with van der Waals surface area (Å²) in [6.45, 7) is 1.36. The average Bonchev–Trinajstić information content (AvgIpc) is 3.17. The number of guanidine groups is 1. The van der Waals surface area contributed by atoms with Crippen molar-refractivity contribution in [3.8, 4) is 5.75 Å². The zero-order chi connectivity index (χ0) is 19.6. The van der Waals surface area contributed by atoms with Crippen LogP contribution in [0.25, 0.3) is 0 Å². The lowest BCUT2D eigenvalue weighted by Crippen LogP contribution is -2.40. The topological polar surface area (TPSA) is 70.3 Å². The van der Waals surface area contributed by atoms with Crippen LogP contribution in [0.15, 0.2) is 52.1 Å². The fourth-order valence-corrected chi connectivity index (χ4v) is 2.42. The molecule has 2 aromatic rings. The van der Waals surface area contributed by atoms with Crippen LogP contribution in [0.5, 0.6) is 5.75 Å². The van der Waals surface area contributed by atoms with Gasteiger partial charge < -0.3 is 24.3 Å². The summed E-state index contributed by atoms with van der Waals surface area (Å²) in [6, 6.07) is 11.7. The smallest absolute Gasteiger partial charge is 0.243 e. The normalized spacial score (nSPS) is 10.8. The van der Waals surface area contributed by atoms with Gasteiger partial charge in [-0.15, -0.1) is 24.0 Å². The third-order valence-corrected chi connectivity index (χ3v) is 4.05. The van der Waals surface area contributed by atoms with Gasteiger partial charge in [0, 0.05) is 27.7 Å². The van der Waals surface area contributed by atoms with Crippen molar-refractivity contribution < 1.29 is 13.9 Å². The summed E-state index contributed by atoms with van der Waals surface area (Å²) in [6.07, 6.45) is 2.48. The highest BCUT2D eigenvalue weighted by molar-refractivity contribution is 14.0. The van der Waals surface area contributed by atoms with Crippen LogP contribution in [0.4, 0.5) is 0 Å². The first kappa shape index (κ1) is 23.8. The molecular formula is C20H29IN4O3. The van der Waals surface area contributed by atoms with Crippen LogP contribution in [-0.4, -0.2) is 63.0 Å². The van der Waals surface area contributed by atoms with E-state index in [2.05, 4.69) is 10.3 Å². The van der Waals surface area contributed by atoms with Crippen LogP contribution in [-0.2, 0) is 17.8 Å². The van der Waals surface area contributed by atoms with Gasteiger partial charge in [0.25, 0.3) is 0 Å². The maximum absolute atomic E-state index is 11.9. The number of carbonyl (C=O) groups excluding carboxylic acids is 1. The SMILES string of the molecule is COc1ccc(CCNC(=NCC(=O)N(C)C)N(C)Cc2ccco2)cc1.I. The van der Waals surface area contributed by atoms with Gasteiger partial charge in [-0.2, -0.15) is 0 Å². The van der Waals surface area contributed by atoms with Gasteiger partial charge in [-0.1, -0.05) is 12.1 Å². The van der Waals surface area contributed by atoms with Crippen LogP contribution >= 0.6 is 24.0 Å². The number of hydrogen-bond acceptors (Lipinski definition) is 4. The minimum absolute atomic E-state index is 0. The Kier molecular flexibility index (Phi) is 10.4. The van der Waals surface area contributed by atoms with Crippen molar-refractivity contribution in [3.63, 3.8) is 0 Å². The van der Waals surface area contributed by atoms with Gasteiger partial charge in [-0.25, -0.2) is 4.99 Å². The first-order valence-corrected chi connectivity index (χ1v) is 8.84. The van der Waals surface area contributed by atoms with E-state index in [1.165, 1.54) is 10.5 Å². The number of methoxy groups -OCH3 is 1. The van der Waals surface area contributed by atoms with Gasteiger partial charge in [-0.3, -0.25) is 4.79 Å². The molecule has 0 bridgehead atoms. The van der Waals surface area contributed by atoms with E-state index in [0.29, 0.717) is 19.0 Å². The van der Waals surface area contributed by atoms with Crippen LogP contribution in [0.1, 0.15) is 11.3 Å². The van der Waals surface area contributed by atoms with Crippen LogP contribution in [0.3, 0.4) is 0 Å². The van der Waals surface area contributed by atoms with Crippen molar-refractivity contribution in [1.82, 2.24) is 15.1 Å². The molecule has 0 aliphatic carbocycles. The molecule has 1 heterocycles. The Bertz CT molecular complexity index is 730. The number of aliphatic imine (C=N–C) groups is 1. The number of nitrogens with one attached hydrogen (secondary N) is 1. The molecule has 0 aliphatic rings. The molecule has 1 aromatic carbocycles. The number of halogens is 1. The highest BCUT2D eigenvalue weighted by Crippen LogP contribution is 2.11. The van der Waals surface area contributed by atoms with Crippen molar-refractivity contribution in [3.05, 3.63) is 54.0 Å². The Morgan fingerprint density at radius 3 is 2.46 bits per heavy atom. The summed E-state index contributed by atoms with van der Waals surface area (Å²) >= 11 is 0. The van der Waals surface area contributed by atoms with E-state index in [-0.39, 0.29) is 36.4 Å². The number of ether oxygens (including phenoxy) is 1. The second-order valence-electron chi connectivity index (χ2n) is 6.39. The molecule has 0 fully saturated rings. The second kappa shape index (κ2) is 12.3. The van der Waals surface area contributed by atoms with E-state index >= 15 is 0 Å². The number of rotatable bonds is 8. The van der Waals surface area contributed by atoms with Crippen molar-refractivity contribution in [2.75, 3.05) is 41.3 Å². The number of benzene rings is 1. The van der Waals surface area contributed by atoms with Crippen LogP contribution in [0, 0.1) is 0 Å². The Balaban J connectivity index is 0.00000392. The van der Waals surface area contributed by atoms with E-state index in [0.717, 1.165) is 17.9 Å². The molecule has 28 heavy (non-hydrogen) atoms. The summed E-state index contributed by atoms with van der Waals surface area (Å²) < 4.78 is 10.6. The molecule has 0 radical (unpaired) electrons. The molecule has 7 nitrogen and oxygen atoms in total. The zero-order valence-electron chi connectivity index (χ0n) is 16.8. The Morgan fingerprint density at radius 1 is 1.18 bits per heavy atom. The lowest BCUT2D eigenvalue weighted by Gasteiger charge is -2.22. The molecule has 0 unspecified atom stereocenters. The molecular weight excluding hydrogens is 471 g/mol. The Hall–Kier alpha value is -2.23. The summed E-state index contributed by atoms with van der Waals surface area (Å²) in [7, 11) is 7.02. The lowest BCUT2D eigenvalue weighted by molar-refractivity contribution is -0.127. The highest BCUT2D eigenvalue weighted by Gasteiger charge is 2.10. The average molecular weight is 500 g/mol. The second-order valence-corrected chi connectivity index (χ2v) is 6.39. The van der Waals surface area contributed by atoms with Gasteiger partial charge in [-0.05, 0) is 36.2 Å². The fourth-order valence-electron chi connectivity index (χ4n) is 2.42. The van der Waals surface area contributed by atoms with E-state index < -0.39 is 0 Å². The third-order valence-electron chi connectivity index (χ3n) is 4.05. The van der Waals surface area contributed by atoms with Crippen molar-refractivity contribution in [2.24, 2.45) is 4.99 Å². The molecule has 0 atom stereocenters. The van der Waals surface area contributed by atoms with Crippen molar-refractivity contribution in [2.45, 2.75) is 13.0 Å². The molecule has 0 aliphatic heterocycles. The number of likely N-dealkylation sites (N-methyl/N-ethyl adjacent to an activating group) is 1. The monoisotopic (exact) mass is 500 g/mol. The largest absolute Gasteiger partial charge is 0.497 e. The van der Waals surface area contributed by atoms with Gasteiger partial charge in [0.2, 0.25) is 5.91 Å². The van der Waals surface area contributed by atoms with Crippen LogP contribution < -0.4 is 10.1 Å². The molecule has 8 heteroatoms. The van der Waals surface area contributed by atoms with Gasteiger partial charge in [0.05, 0.1) is 19.9 Å². The fraction of sp³-hybridized carbons (Fsp3) is 0.400. The lowest BCUT2D eigenvalue weighted by atomic mass is 10.1. The standard InChI is InChI=1S/C20H28N4O3.HI/c1-23(2)19(25)14-22-20(24(3)15-18-6-5-13-27-18)21-12-11-16-7-9-17(26-4)10-8-16;/h5-10,13H,11-12,14-15H2,1-4H3,(H,21,22);1H. The predicted octanol–water partition coefficient (Wildman–Crippen LogP) is 2.61. The maximum Gasteiger partial charge on any atom is 0.243 e. The molecule has 2 rings (SSSR count). The van der Waals surface area contributed by atoms with Gasteiger partial charge >= 0.3 is 0 Å². The Labute approximate surface area is 183 Å². The van der Waals surface area contributed by atoms with E-state index in [9.17, 15) is 4.79 Å². The molecule has 1 N–H and O–H groups in total. The minimum Gasteiger partial charge on any atom is -0.497 e.